The summed E-state index contributed by atoms with van der Waals surface area (Å²) in [5.41, 5.74) is 4.92. The Labute approximate surface area is 136 Å². The van der Waals surface area contributed by atoms with Gasteiger partial charge in [0.05, 0.1) is 6.04 Å². The monoisotopic (exact) mass is 316 g/mol. The fourth-order valence-electron chi connectivity index (χ4n) is 3.47. The van der Waals surface area contributed by atoms with Gasteiger partial charge in [0.2, 0.25) is 6.41 Å². The number of primary amides is 1. The lowest BCUT2D eigenvalue weighted by molar-refractivity contribution is -0.151. The van der Waals surface area contributed by atoms with Crippen molar-refractivity contribution in [2.24, 2.45) is 17.6 Å². The summed E-state index contributed by atoms with van der Waals surface area (Å²) in [6, 6.07) is 9.08. The number of rotatable bonds is 9. The molecule has 2 amide bonds. The summed E-state index contributed by atoms with van der Waals surface area (Å²) in [6.45, 7) is 0.381. The van der Waals surface area contributed by atoms with Gasteiger partial charge >= 0.3 is 0 Å². The van der Waals surface area contributed by atoms with E-state index < -0.39 is 17.6 Å². The molecule has 0 aromatic heterocycles. The number of nitrogens with zero attached hydrogens (tertiary/aromatic N) is 1. The van der Waals surface area contributed by atoms with Crippen LogP contribution in [0.4, 0.5) is 0 Å². The number of hydrogen-bond acceptors (Lipinski definition) is 3. The van der Waals surface area contributed by atoms with Crippen LogP contribution in [0.1, 0.15) is 37.7 Å². The average Bonchev–Trinajstić information content (AvgIpc) is 3.43. The molecule has 0 spiro atoms. The first-order valence-electron chi connectivity index (χ1n) is 8.32. The highest BCUT2D eigenvalue weighted by molar-refractivity contribution is 5.84. The molecule has 5 heteroatoms. The Morgan fingerprint density at radius 3 is 2.43 bits per heavy atom. The molecule has 2 aliphatic rings. The maximum Gasteiger partial charge on any atom is 0.251 e. The van der Waals surface area contributed by atoms with Gasteiger partial charge < -0.3 is 15.7 Å². The number of hydrogen-bond donors (Lipinski definition) is 2. The molecule has 0 saturated heterocycles. The van der Waals surface area contributed by atoms with Crippen LogP contribution in [0.5, 0.6) is 0 Å². The molecule has 124 valence electrons. The zero-order chi connectivity index (χ0) is 16.4. The van der Waals surface area contributed by atoms with Gasteiger partial charge in [0.1, 0.15) is 0 Å². The van der Waals surface area contributed by atoms with Crippen LogP contribution in [0.15, 0.2) is 30.3 Å². The Bertz CT molecular complexity index is 569. The van der Waals surface area contributed by atoms with Crippen molar-refractivity contribution >= 4 is 12.3 Å². The normalized spacial score (nSPS) is 21.3. The lowest BCUT2D eigenvalue weighted by Gasteiger charge is -2.40. The molecule has 1 aromatic rings. The fraction of sp³-hybridized carbons (Fsp3) is 0.556. The number of amides is 2. The molecule has 23 heavy (non-hydrogen) atoms. The van der Waals surface area contributed by atoms with Crippen LogP contribution >= 0.6 is 0 Å². The Morgan fingerprint density at radius 1 is 1.30 bits per heavy atom. The van der Waals surface area contributed by atoms with Crippen molar-refractivity contribution in [3.05, 3.63) is 35.9 Å². The quantitative estimate of drug-likeness (QED) is 0.676. The molecule has 2 aliphatic carbocycles. The van der Waals surface area contributed by atoms with Crippen molar-refractivity contribution in [3.8, 4) is 0 Å². The summed E-state index contributed by atoms with van der Waals surface area (Å²) < 4.78 is 0. The SMILES string of the molecule is NC(=O)C(O)(CC1CC1)C(C1CC1)N(C=O)Cc1ccccc1. The van der Waals surface area contributed by atoms with Gasteiger partial charge in [-0.05, 0) is 36.7 Å². The number of aliphatic hydroxyl groups is 1. The van der Waals surface area contributed by atoms with Crippen molar-refractivity contribution in [2.45, 2.75) is 50.3 Å². The fourth-order valence-corrected chi connectivity index (χ4v) is 3.47. The molecule has 1 aromatic carbocycles. The van der Waals surface area contributed by atoms with Crippen LogP contribution in [0.25, 0.3) is 0 Å². The van der Waals surface area contributed by atoms with Crippen molar-refractivity contribution in [3.63, 3.8) is 0 Å². The molecular formula is C18H24N2O3. The highest BCUT2D eigenvalue weighted by Crippen LogP contribution is 2.45. The van der Waals surface area contributed by atoms with Gasteiger partial charge in [-0.2, -0.15) is 0 Å². The summed E-state index contributed by atoms with van der Waals surface area (Å²) in [6.07, 6.45) is 4.99. The Kier molecular flexibility index (Phi) is 4.39. The molecule has 3 N–H and O–H groups in total. The van der Waals surface area contributed by atoms with Crippen LogP contribution in [-0.2, 0) is 16.1 Å². The van der Waals surface area contributed by atoms with Crippen molar-refractivity contribution < 1.29 is 14.7 Å². The third-order valence-electron chi connectivity index (χ3n) is 4.98. The van der Waals surface area contributed by atoms with E-state index in [0.717, 1.165) is 37.7 Å². The summed E-state index contributed by atoms with van der Waals surface area (Å²) in [4.78, 5) is 25.3. The molecule has 3 rings (SSSR count). The third kappa shape index (κ3) is 3.55. The van der Waals surface area contributed by atoms with Crippen molar-refractivity contribution in [2.75, 3.05) is 0 Å². The second-order valence-electron chi connectivity index (χ2n) is 6.98. The van der Waals surface area contributed by atoms with Gasteiger partial charge in [0.25, 0.3) is 5.91 Å². The van der Waals surface area contributed by atoms with Crippen LogP contribution in [0.3, 0.4) is 0 Å². The Hall–Kier alpha value is -1.88. The van der Waals surface area contributed by atoms with Gasteiger partial charge in [0, 0.05) is 6.54 Å². The molecule has 2 atom stereocenters. The highest BCUT2D eigenvalue weighted by atomic mass is 16.3. The average molecular weight is 316 g/mol. The van der Waals surface area contributed by atoms with Crippen molar-refractivity contribution in [1.29, 1.82) is 0 Å². The van der Waals surface area contributed by atoms with E-state index in [-0.39, 0.29) is 5.92 Å². The number of carbonyl (C=O) groups is 2. The zero-order valence-corrected chi connectivity index (χ0v) is 13.2. The minimum Gasteiger partial charge on any atom is -0.378 e. The van der Waals surface area contributed by atoms with Crippen LogP contribution < -0.4 is 5.73 Å². The van der Waals surface area contributed by atoms with Crippen LogP contribution in [0.2, 0.25) is 0 Å². The number of nitrogens with two attached hydrogens (primary N) is 1. The van der Waals surface area contributed by atoms with Gasteiger partial charge in [-0.3, -0.25) is 9.59 Å². The van der Waals surface area contributed by atoms with E-state index in [1.807, 2.05) is 30.3 Å². The van der Waals surface area contributed by atoms with E-state index in [2.05, 4.69) is 0 Å². The minimum atomic E-state index is -1.63. The molecule has 0 bridgehead atoms. The second kappa shape index (κ2) is 6.32. The first-order chi connectivity index (χ1) is 11.0. The highest BCUT2D eigenvalue weighted by Gasteiger charge is 2.54. The molecule has 0 heterocycles. The van der Waals surface area contributed by atoms with E-state index in [1.54, 1.807) is 4.90 Å². The van der Waals surface area contributed by atoms with Crippen LogP contribution in [0, 0.1) is 11.8 Å². The Balaban J connectivity index is 1.85. The minimum absolute atomic E-state index is 0.153. The van der Waals surface area contributed by atoms with Gasteiger partial charge in [-0.25, -0.2) is 0 Å². The summed E-state index contributed by atoms with van der Waals surface area (Å²) >= 11 is 0. The summed E-state index contributed by atoms with van der Waals surface area (Å²) in [5, 5.41) is 11.1. The van der Waals surface area contributed by atoms with E-state index in [4.69, 9.17) is 5.73 Å². The van der Waals surface area contributed by atoms with Crippen molar-refractivity contribution in [1.82, 2.24) is 4.90 Å². The maximum absolute atomic E-state index is 12.1. The molecule has 5 nitrogen and oxygen atoms in total. The van der Waals surface area contributed by atoms with E-state index in [1.165, 1.54) is 0 Å². The van der Waals surface area contributed by atoms with Gasteiger partial charge in [-0.15, -0.1) is 0 Å². The molecule has 2 saturated carbocycles. The topological polar surface area (TPSA) is 83.6 Å². The van der Waals surface area contributed by atoms with Gasteiger partial charge in [0.15, 0.2) is 5.60 Å². The first kappa shape index (κ1) is 16.0. The largest absolute Gasteiger partial charge is 0.378 e. The van der Waals surface area contributed by atoms with Gasteiger partial charge in [-0.1, -0.05) is 43.2 Å². The standard InChI is InChI=1S/C18H24N2O3/c19-17(22)18(23,10-13-6-7-13)16(15-8-9-15)20(12-21)11-14-4-2-1-3-5-14/h1-5,12-13,15-16,23H,6-11H2,(H2,19,22). The molecule has 0 radical (unpaired) electrons. The molecule has 0 aliphatic heterocycles. The molecular weight excluding hydrogens is 292 g/mol. The lowest BCUT2D eigenvalue weighted by atomic mass is 9.83. The second-order valence-corrected chi connectivity index (χ2v) is 6.98. The van der Waals surface area contributed by atoms with E-state index >= 15 is 0 Å². The first-order valence-corrected chi connectivity index (χ1v) is 8.32. The lowest BCUT2D eigenvalue weighted by Crippen LogP contribution is -2.60. The Morgan fingerprint density at radius 2 is 1.96 bits per heavy atom. The number of benzene rings is 1. The maximum atomic E-state index is 12.1. The van der Waals surface area contributed by atoms with E-state index in [9.17, 15) is 14.7 Å². The summed E-state index contributed by atoms with van der Waals surface area (Å²) in [7, 11) is 0. The zero-order valence-electron chi connectivity index (χ0n) is 13.2. The summed E-state index contributed by atoms with van der Waals surface area (Å²) in [5.74, 6) is -0.208. The number of carbonyl (C=O) groups excluding carboxylic acids is 2. The van der Waals surface area contributed by atoms with E-state index in [0.29, 0.717) is 18.9 Å². The molecule has 2 fully saturated rings. The smallest absolute Gasteiger partial charge is 0.251 e. The van der Waals surface area contributed by atoms with Crippen LogP contribution in [-0.4, -0.2) is 34.0 Å². The third-order valence-corrected chi connectivity index (χ3v) is 4.98. The predicted molar refractivity (Wildman–Crippen MR) is 86.0 cm³/mol. The predicted octanol–water partition coefficient (Wildman–Crippen LogP) is 1.44. The molecule has 2 unspecified atom stereocenters.